The van der Waals surface area contributed by atoms with Crippen LogP contribution in [0.4, 0.5) is 0 Å². The van der Waals surface area contributed by atoms with Crippen molar-refractivity contribution in [2.24, 2.45) is 0 Å². The third-order valence-corrected chi connectivity index (χ3v) is 11.2. The van der Waals surface area contributed by atoms with Crippen molar-refractivity contribution in [2.75, 3.05) is 0 Å². The van der Waals surface area contributed by atoms with Crippen LogP contribution in [0.3, 0.4) is 0 Å². The van der Waals surface area contributed by atoms with E-state index in [9.17, 15) is 0 Å². The Labute approximate surface area is 297 Å². The molecule has 0 fully saturated rings. The lowest BCUT2D eigenvalue weighted by atomic mass is 9.81. The Morgan fingerprint density at radius 3 is 1.55 bits per heavy atom. The molecule has 3 aromatic heterocycles. The molecule has 5 aromatic carbocycles. The lowest BCUT2D eigenvalue weighted by Gasteiger charge is -2.22. The van der Waals surface area contributed by atoms with Crippen molar-refractivity contribution in [1.82, 2.24) is 24.6 Å². The molecule has 0 radical (unpaired) electrons. The van der Waals surface area contributed by atoms with E-state index in [2.05, 4.69) is 165 Å². The second kappa shape index (κ2) is 10.6. The summed E-state index contributed by atoms with van der Waals surface area (Å²) in [5, 5.41) is 4.24. The number of pyridine rings is 1. The highest BCUT2D eigenvalue weighted by Gasteiger charge is 2.36. The Morgan fingerprint density at radius 2 is 0.961 bits per heavy atom. The highest BCUT2D eigenvalue weighted by Crippen LogP contribution is 2.51. The fraction of sp³-hybridized carbons (Fsp3) is 0.130. The molecule has 5 nitrogen and oxygen atoms in total. The predicted molar refractivity (Wildman–Crippen MR) is 205 cm³/mol. The molecule has 51 heavy (non-hydrogen) atoms. The first-order valence-corrected chi connectivity index (χ1v) is 17.5. The summed E-state index contributed by atoms with van der Waals surface area (Å²) in [6.07, 6.45) is 3.52. The van der Waals surface area contributed by atoms with Gasteiger partial charge in [-0.05, 0) is 86.0 Å². The van der Waals surface area contributed by atoms with E-state index in [-0.39, 0.29) is 10.8 Å². The van der Waals surface area contributed by atoms with Crippen molar-refractivity contribution in [2.45, 2.75) is 38.5 Å². The van der Waals surface area contributed by atoms with Crippen LogP contribution in [-0.2, 0) is 10.8 Å². The van der Waals surface area contributed by atoms with Gasteiger partial charge in [0.05, 0.1) is 11.4 Å². The summed E-state index contributed by atoms with van der Waals surface area (Å²) in [7, 11) is 0. The van der Waals surface area contributed by atoms with Crippen molar-refractivity contribution >= 4 is 5.65 Å². The van der Waals surface area contributed by atoms with Gasteiger partial charge >= 0.3 is 0 Å². The number of aromatic nitrogens is 5. The van der Waals surface area contributed by atoms with E-state index in [1.54, 1.807) is 10.8 Å². The SMILES string of the molecule is CC1(C)c2ccccc2-c2ccc(-c3cc(-c4ccc5c(c4)C(C)(C)c4ccccc4-5)nc(-c4ccc(-c5ccn6ncnc6c5)cc4)n3)cc21. The maximum atomic E-state index is 5.26. The molecule has 0 saturated heterocycles. The Bertz CT molecular complexity index is 2570. The first-order valence-electron chi connectivity index (χ1n) is 17.5. The van der Waals surface area contributed by atoms with Gasteiger partial charge in [-0.25, -0.2) is 19.5 Å². The standard InChI is InChI=1S/C46H35N5/c1-45(2)37-11-7-5-9-33(37)35-19-17-31(23-39(35)45)41-26-42(32-18-20-36-34-10-6-8-12-38(34)46(3,4)40(36)24-32)50-44(49-41)29-15-13-28(14-16-29)30-21-22-51-43(25-30)47-27-48-51/h5-27H,1-4H3. The fourth-order valence-corrected chi connectivity index (χ4v) is 8.41. The Kier molecular flexibility index (Phi) is 6.20. The number of fused-ring (bicyclic) bond motifs is 7. The van der Waals surface area contributed by atoms with Gasteiger partial charge in [-0.1, -0.05) is 125 Å². The Morgan fingerprint density at radius 1 is 0.451 bits per heavy atom. The molecule has 3 heterocycles. The molecule has 0 unspecified atom stereocenters. The quantitative estimate of drug-likeness (QED) is 0.189. The van der Waals surface area contributed by atoms with Crippen molar-refractivity contribution in [3.05, 3.63) is 162 Å². The van der Waals surface area contributed by atoms with E-state index in [1.807, 2.05) is 6.20 Å². The largest absolute Gasteiger partial charge is 0.228 e. The number of nitrogens with zero attached hydrogens (tertiary/aromatic N) is 5. The summed E-state index contributed by atoms with van der Waals surface area (Å²) >= 11 is 0. The third-order valence-electron chi connectivity index (χ3n) is 11.2. The summed E-state index contributed by atoms with van der Waals surface area (Å²) in [5.41, 5.74) is 18.4. The number of hydrogen-bond acceptors (Lipinski definition) is 4. The zero-order chi connectivity index (χ0) is 34.5. The number of hydrogen-bond donors (Lipinski definition) is 0. The Balaban J connectivity index is 1.11. The second-order valence-electron chi connectivity index (χ2n) is 14.9. The van der Waals surface area contributed by atoms with Gasteiger partial charge in [0.1, 0.15) is 6.33 Å². The fourth-order valence-electron chi connectivity index (χ4n) is 8.41. The molecule has 5 heteroatoms. The van der Waals surface area contributed by atoms with Gasteiger partial charge in [0.25, 0.3) is 0 Å². The zero-order valence-corrected chi connectivity index (χ0v) is 29.0. The third kappa shape index (κ3) is 4.47. The average Bonchev–Trinajstić information content (AvgIpc) is 3.80. The lowest BCUT2D eigenvalue weighted by Crippen LogP contribution is -2.15. The summed E-state index contributed by atoms with van der Waals surface area (Å²) in [4.78, 5) is 14.9. The van der Waals surface area contributed by atoms with Gasteiger partial charge in [-0.15, -0.1) is 0 Å². The van der Waals surface area contributed by atoms with Crippen LogP contribution in [0.1, 0.15) is 49.9 Å². The van der Waals surface area contributed by atoms with Crippen LogP contribution in [0.2, 0.25) is 0 Å². The molecule has 244 valence electrons. The predicted octanol–water partition coefficient (Wildman–Crippen LogP) is 10.8. The van der Waals surface area contributed by atoms with E-state index >= 15 is 0 Å². The molecule has 8 aromatic rings. The van der Waals surface area contributed by atoms with Crippen LogP contribution in [0.25, 0.3) is 72.9 Å². The van der Waals surface area contributed by atoms with Gasteiger partial charge in [0.2, 0.25) is 0 Å². The van der Waals surface area contributed by atoms with E-state index < -0.39 is 0 Å². The van der Waals surface area contributed by atoms with E-state index in [0.29, 0.717) is 5.82 Å². The van der Waals surface area contributed by atoms with Crippen molar-refractivity contribution in [3.8, 4) is 67.3 Å². The van der Waals surface area contributed by atoms with Crippen LogP contribution in [0, 0.1) is 0 Å². The van der Waals surface area contributed by atoms with Crippen LogP contribution in [0.5, 0.6) is 0 Å². The summed E-state index contributed by atoms with van der Waals surface area (Å²) in [5.74, 6) is 0.702. The maximum Gasteiger partial charge on any atom is 0.160 e. The van der Waals surface area contributed by atoms with Crippen LogP contribution >= 0.6 is 0 Å². The molecule has 0 saturated carbocycles. The van der Waals surface area contributed by atoms with Gasteiger partial charge in [0.15, 0.2) is 11.5 Å². The molecule has 10 rings (SSSR count). The molecule has 2 aliphatic rings. The molecule has 0 atom stereocenters. The zero-order valence-electron chi connectivity index (χ0n) is 29.0. The molecular weight excluding hydrogens is 623 g/mol. The van der Waals surface area contributed by atoms with Gasteiger partial charge < -0.3 is 0 Å². The molecule has 0 amide bonds. The van der Waals surface area contributed by atoms with Gasteiger partial charge in [-0.3, -0.25) is 0 Å². The van der Waals surface area contributed by atoms with Crippen LogP contribution in [-0.4, -0.2) is 24.6 Å². The van der Waals surface area contributed by atoms with Crippen LogP contribution < -0.4 is 0 Å². The summed E-state index contributed by atoms with van der Waals surface area (Å²) < 4.78 is 1.77. The van der Waals surface area contributed by atoms with E-state index in [4.69, 9.17) is 9.97 Å². The second-order valence-corrected chi connectivity index (χ2v) is 14.9. The van der Waals surface area contributed by atoms with E-state index in [1.165, 1.54) is 44.5 Å². The minimum atomic E-state index is -0.105. The summed E-state index contributed by atoms with van der Waals surface area (Å²) in [6, 6.07) is 46.0. The molecule has 0 spiro atoms. The van der Waals surface area contributed by atoms with Crippen molar-refractivity contribution in [1.29, 1.82) is 0 Å². The van der Waals surface area contributed by atoms with E-state index in [0.717, 1.165) is 44.9 Å². The highest BCUT2D eigenvalue weighted by molar-refractivity contribution is 5.86. The highest BCUT2D eigenvalue weighted by atomic mass is 15.3. The molecule has 0 aliphatic heterocycles. The summed E-state index contributed by atoms with van der Waals surface area (Å²) in [6.45, 7) is 9.30. The monoisotopic (exact) mass is 657 g/mol. The molecule has 0 bridgehead atoms. The van der Waals surface area contributed by atoms with Crippen LogP contribution in [0.15, 0.2) is 140 Å². The maximum absolute atomic E-state index is 5.26. The normalized spacial score (nSPS) is 14.6. The minimum Gasteiger partial charge on any atom is -0.228 e. The molecule has 2 aliphatic carbocycles. The minimum absolute atomic E-state index is 0.105. The lowest BCUT2D eigenvalue weighted by molar-refractivity contribution is 0.660. The first kappa shape index (κ1) is 29.7. The smallest absolute Gasteiger partial charge is 0.160 e. The van der Waals surface area contributed by atoms with Crippen molar-refractivity contribution < 1.29 is 0 Å². The first-order chi connectivity index (χ1) is 24.8. The molecule has 0 N–H and O–H groups in total. The Hall–Kier alpha value is -6.20. The van der Waals surface area contributed by atoms with Gasteiger partial charge in [0, 0.05) is 33.7 Å². The van der Waals surface area contributed by atoms with Gasteiger partial charge in [-0.2, -0.15) is 5.10 Å². The molecular formula is C46H35N5. The number of benzene rings is 5. The number of rotatable bonds is 4. The average molecular weight is 658 g/mol. The topological polar surface area (TPSA) is 56.0 Å². The van der Waals surface area contributed by atoms with Crippen molar-refractivity contribution in [3.63, 3.8) is 0 Å².